The molecule has 1 atom stereocenters. The largest absolute Gasteiger partial charge is 0.506 e. The molecule has 0 spiro atoms. The summed E-state index contributed by atoms with van der Waals surface area (Å²) in [5, 5.41) is 18.0. The van der Waals surface area contributed by atoms with Crippen LogP contribution >= 0.6 is 0 Å². The van der Waals surface area contributed by atoms with Gasteiger partial charge in [-0.2, -0.15) is 0 Å². The van der Waals surface area contributed by atoms with Gasteiger partial charge in [-0.3, -0.25) is 0 Å². The molecular weight excluding hydrogens is 298 g/mol. The number of anilines is 1. The molecule has 3 N–H and O–H groups in total. The number of nitrogens with one attached hydrogen (secondary N) is 2. The lowest BCUT2D eigenvalue weighted by Crippen LogP contribution is -2.57. The number of phenols is 1. The zero-order chi connectivity index (χ0) is 16.4. The average Bonchev–Trinajstić information content (AvgIpc) is 3.17. The molecule has 4 nitrogen and oxygen atoms in total. The maximum Gasteiger partial charge on any atom is 0.139 e. The van der Waals surface area contributed by atoms with E-state index in [2.05, 4.69) is 51.9 Å². The van der Waals surface area contributed by atoms with Crippen LogP contribution in [0.5, 0.6) is 5.75 Å². The second-order valence-corrected chi connectivity index (χ2v) is 6.74. The maximum atomic E-state index is 10.7. The molecule has 0 aliphatic carbocycles. The van der Waals surface area contributed by atoms with Crippen LogP contribution in [0.3, 0.4) is 0 Å². The second kappa shape index (κ2) is 6.46. The summed E-state index contributed by atoms with van der Waals surface area (Å²) in [6.07, 6.45) is 2.38. The Morgan fingerprint density at radius 3 is 2.42 bits per heavy atom. The molecule has 0 amide bonds. The molecule has 2 aliphatic heterocycles. The molecule has 2 aliphatic rings. The summed E-state index contributed by atoms with van der Waals surface area (Å²) >= 11 is 0. The van der Waals surface area contributed by atoms with Crippen molar-refractivity contribution >= 4 is 5.69 Å². The average molecular weight is 323 g/mol. The molecule has 0 aromatic heterocycles. The molecule has 126 valence electrons. The number of benzene rings is 2. The fourth-order valence-electron chi connectivity index (χ4n) is 4.12. The van der Waals surface area contributed by atoms with Crippen LogP contribution in [0.15, 0.2) is 48.5 Å². The van der Waals surface area contributed by atoms with Crippen LogP contribution in [0.25, 0.3) is 0 Å². The number of hydrogen-bond donors (Lipinski definition) is 3. The third-order valence-corrected chi connectivity index (χ3v) is 5.28. The Hall–Kier alpha value is -2.04. The second-order valence-electron chi connectivity index (χ2n) is 6.74. The van der Waals surface area contributed by atoms with Gasteiger partial charge < -0.3 is 20.6 Å². The van der Waals surface area contributed by atoms with Crippen LogP contribution in [-0.4, -0.2) is 37.8 Å². The van der Waals surface area contributed by atoms with E-state index < -0.39 is 0 Å². The molecule has 0 bridgehead atoms. The molecule has 24 heavy (non-hydrogen) atoms. The predicted molar refractivity (Wildman–Crippen MR) is 97.6 cm³/mol. The maximum absolute atomic E-state index is 10.7. The van der Waals surface area contributed by atoms with Crippen molar-refractivity contribution in [2.75, 3.05) is 37.6 Å². The van der Waals surface area contributed by atoms with Gasteiger partial charge in [0, 0.05) is 38.3 Å². The van der Waals surface area contributed by atoms with Crippen LogP contribution < -0.4 is 15.5 Å². The third kappa shape index (κ3) is 2.56. The molecule has 1 unspecified atom stereocenters. The van der Waals surface area contributed by atoms with Crippen LogP contribution in [0.2, 0.25) is 0 Å². The Morgan fingerprint density at radius 2 is 1.71 bits per heavy atom. The van der Waals surface area contributed by atoms with E-state index in [9.17, 15) is 5.11 Å². The van der Waals surface area contributed by atoms with Crippen molar-refractivity contribution < 1.29 is 5.11 Å². The minimum atomic E-state index is -0.309. The molecule has 2 saturated heterocycles. The van der Waals surface area contributed by atoms with Gasteiger partial charge in [0.15, 0.2) is 0 Å². The Morgan fingerprint density at radius 1 is 0.917 bits per heavy atom. The predicted octanol–water partition coefficient (Wildman–Crippen LogP) is 2.43. The zero-order valence-corrected chi connectivity index (χ0v) is 14.0. The number of piperazine rings is 1. The van der Waals surface area contributed by atoms with Gasteiger partial charge in [-0.15, -0.1) is 0 Å². The summed E-state index contributed by atoms with van der Waals surface area (Å²) in [5.74, 6) is 0.386. The third-order valence-electron chi connectivity index (χ3n) is 5.28. The van der Waals surface area contributed by atoms with Crippen molar-refractivity contribution in [2.24, 2.45) is 0 Å². The van der Waals surface area contributed by atoms with Crippen LogP contribution in [0.1, 0.15) is 24.0 Å². The molecule has 0 radical (unpaired) electrons. The van der Waals surface area contributed by atoms with Crippen molar-refractivity contribution in [1.29, 1.82) is 0 Å². The molecule has 4 heteroatoms. The molecule has 4 rings (SSSR count). The number of rotatable bonds is 3. The van der Waals surface area contributed by atoms with Crippen molar-refractivity contribution in [1.82, 2.24) is 10.6 Å². The number of nitrogens with zero attached hydrogens (tertiary/aromatic N) is 1. The van der Waals surface area contributed by atoms with Gasteiger partial charge in [0.25, 0.3) is 0 Å². The van der Waals surface area contributed by atoms with E-state index in [4.69, 9.17) is 0 Å². The van der Waals surface area contributed by atoms with Crippen molar-refractivity contribution in [3.05, 3.63) is 59.7 Å². The fraction of sp³-hybridized carbons (Fsp3) is 0.400. The van der Waals surface area contributed by atoms with Crippen LogP contribution in [-0.2, 0) is 5.54 Å². The summed E-state index contributed by atoms with van der Waals surface area (Å²) in [6.45, 7) is 4.73. The first-order valence-electron chi connectivity index (χ1n) is 8.90. The molecule has 2 aromatic rings. The summed E-state index contributed by atoms with van der Waals surface area (Å²) in [4.78, 5) is 2.34. The molecular formula is C20H25N3O. The van der Waals surface area contributed by atoms with Gasteiger partial charge in [0.2, 0.25) is 0 Å². The smallest absolute Gasteiger partial charge is 0.139 e. The van der Waals surface area contributed by atoms with E-state index in [1.165, 1.54) is 24.0 Å². The molecule has 2 fully saturated rings. The number of hydrogen-bond acceptors (Lipinski definition) is 4. The fourth-order valence-corrected chi connectivity index (χ4v) is 4.12. The summed E-state index contributed by atoms with van der Waals surface area (Å²) in [5.41, 5.74) is 3.09. The monoisotopic (exact) mass is 323 g/mol. The molecule has 2 aromatic carbocycles. The van der Waals surface area contributed by atoms with Crippen LogP contribution in [0, 0.1) is 0 Å². The Kier molecular flexibility index (Phi) is 4.17. The highest BCUT2D eigenvalue weighted by Gasteiger charge is 2.39. The van der Waals surface area contributed by atoms with Crippen molar-refractivity contribution in [3.63, 3.8) is 0 Å². The van der Waals surface area contributed by atoms with Gasteiger partial charge in [0.05, 0.1) is 11.2 Å². The van der Waals surface area contributed by atoms with Crippen molar-refractivity contribution in [2.45, 2.75) is 18.4 Å². The van der Waals surface area contributed by atoms with E-state index in [-0.39, 0.29) is 5.54 Å². The molecule has 2 heterocycles. The van der Waals surface area contributed by atoms with E-state index in [1.54, 1.807) is 0 Å². The topological polar surface area (TPSA) is 47.5 Å². The Labute approximate surface area is 143 Å². The number of phenolic OH excluding ortho intramolecular Hbond substituents is 1. The number of aromatic hydroxyl groups is 1. The molecule has 0 saturated carbocycles. The highest BCUT2D eigenvalue weighted by Crippen LogP contribution is 2.42. The van der Waals surface area contributed by atoms with Gasteiger partial charge >= 0.3 is 0 Å². The summed E-state index contributed by atoms with van der Waals surface area (Å²) in [6, 6.07) is 16.5. The van der Waals surface area contributed by atoms with E-state index >= 15 is 0 Å². The minimum Gasteiger partial charge on any atom is -0.506 e. The first-order chi connectivity index (χ1) is 11.8. The summed E-state index contributed by atoms with van der Waals surface area (Å²) < 4.78 is 0. The minimum absolute atomic E-state index is 0.309. The lowest BCUT2D eigenvalue weighted by atomic mass is 9.80. The zero-order valence-electron chi connectivity index (χ0n) is 14.0. The van der Waals surface area contributed by atoms with Gasteiger partial charge in [-0.1, -0.05) is 42.5 Å². The Bertz CT molecular complexity index is 689. The lowest BCUT2D eigenvalue weighted by molar-refractivity contribution is 0.328. The van der Waals surface area contributed by atoms with Gasteiger partial charge in [-0.05, 0) is 24.5 Å². The first-order valence-corrected chi connectivity index (χ1v) is 8.90. The first kappa shape index (κ1) is 15.5. The van der Waals surface area contributed by atoms with Crippen molar-refractivity contribution in [3.8, 4) is 5.75 Å². The highest BCUT2D eigenvalue weighted by atomic mass is 16.3. The van der Waals surface area contributed by atoms with E-state index in [1.807, 2.05) is 12.1 Å². The lowest BCUT2D eigenvalue weighted by Gasteiger charge is -2.42. The quantitative estimate of drug-likeness (QED) is 0.812. The van der Waals surface area contributed by atoms with E-state index in [0.29, 0.717) is 5.75 Å². The summed E-state index contributed by atoms with van der Waals surface area (Å²) in [7, 11) is 0. The van der Waals surface area contributed by atoms with E-state index in [0.717, 1.165) is 38.4 Å². The van der Waals surface area contributed by atoms with Gasteiger partial charge in [-0.25, -0.2) is 0 Å². The van der Waals surface area contributed by atoms with Crippen LogP contribution in [0.4, 0.5) is 5.69 Å². The SMILES string of the molecule is Oc1cccc(C2(c3ccccc3)CNCCN2)c1N1CCCC1. The normalized spacial score (nSPS) is 24.2. The Balaban J connectivity index is 1.89. The number of para-hydroxylation sites is 1. The standard InChI is InChI=1S/C20H25N3O/c24-18-10-6-9-17(19(18)23-13-4-5-14-23)20(15-21-11-12-22-20)16-7-2-1-3-8-16/h1-3,6-10,21-22,24H,4-5,11-15H2. The van der Waals surface area contributed by atoms with Gasteiger partial charge in [0.1, 0.15) is 5.75 Å². The highest BCUT2D eigenvalue weighted by molar-refractivity contribution is 5.68.